The molecule has 0 spiro atoms. The molecule has 3 nitrogen and oxygen atoms in total. The molecule has 0 saturated carbocycles. The number of carbonyl (C=O) groups is 1. The van der Waals surface area contributed by atoms with Gasteiger partial charge in [0.25, 0.3) is 5.91 Å². The SMILES string of the molecule is CCCNC(=O)c1cc2scc(Br)c2n1Cc1ccc(F)c(F)c1. The number of rotatable bonds is 5. The number of nitrogens with one attached hydrogen (secondary N) is 1. The molecule has 0 aliphatic heterocycles. The Morgan fingerprint density at radius 1 is 1.29 bits per heavy atom. The van der Waals surface area contributed by atoms with Crippen LogP contribution in [0.25, 0.3) is 10.2 Å². The van der Waals surface area contributed by atoms with Crippen molar-refractivity contribution in [3.8, 4) is 0 Å². The first-order valence-electron chi connectivity index (χ1n) is 7.49. The normalized spacial score (nSPS) is 11.2. The summed E-state index contributed by atoms with van der Waals surface area (Å²) in [4.78, 5) is 12.4. The van der Waals surface area contributed by atoms with E-state index in [0.717, 1.165) is 33.2 Å². The van der Waals surface area contributed by atoms with E-state index in [1.807, 2.05) is 22.9 Å². The largest absolute Gasteiger partial charge is 0.351 e. The number of hydrogen-bond donors (Lipinski definition) is 1. The quantitative estimate of drug-likeness (QED) is 0.632. The summed E-state index contributed by atoms with van der Waals surface area (Å²) in [5.74, 6) is -1.94. The molecule has 0 bridgehead atoms. The van der Waals surface area contributed by atoms with Crippen LogP contribution < -0.4 is 5.32 Å². The summed E-state index contributed by atoms with van der Waals surface area (Å²) in [5.41, 5.74) is 1.98. The van der Waals surface area contributed by atoms with Crippen molar-refractivity contribution in [2.45, 2.75) is 19.9 Å². The number of thiophene rings is 1. The fourth-order valence-corrected chi connectivity index (χ4v) is 4.23. The van der Waals surface area contributed by atoms with E-state index in [0.29, 0.717) is 17.8 Å². The number of carbonyl (C=O) groups excluding carboxylic acids is 1. The number of aromatic nitrogens is 1. The lowest BCUT2D eigenvalue weighted by Crippen LogP contribution is -2.26. The first-order chi connectivity index (χ1) is 11.5. The van der Waals surface area contributed by atoms with Crippen molar-refractivity contribution < 1.29 is 13.6 Å². The number of benzene rings is 1. The number of fused-ring (bicyclic) bond motifs is 1. The van der Waals surface area contributed by atoms with Crippen LogP contribution in [0.1, 0.15) is 29.4 Å². The van der Waals surface area contributed by atoms with Gasteiger partial charge in [-0.1, -0.05) is 13.0 Å². The maximum Gasteiger partial charge on any atom is 0.267 e. The molecule has 3 rings (SSSR count). The van der Waals surface area contributed by atoms with Gasteiger partial charge in [-0.2, -0.15) is 0 Å². The highest BCUT2D eigenvalue weighted by atomic mass is 79.9. The van der Waals surface area contributed by atoms with Crippen LogP contribution in [0.5, 0.6) is 0 Å². The Bertz CT molecular complexity index is 904. The van der Waals surface area contributed by atoms with E-state index >= 15 is 0 Å². The van der Waals surface area contributed by atoms with Crippen molar-refractivity contribution in [3.63, 3.8) is 0 Å². The van der Waals surface area contributed by atoms with E-state index in [9.17, 15) is 13.6 Å². The standard InChI is InChI=1S/C17H15BrF2N2OS/c1-2-5-21-17(23)14-7-15-16(11(18)9-24-15)22(14)8-10-3-4-12(19)13(20)6-10/h3-4,6-7,9H,2,5,8H2,1H3,(H,21,23). The molecule has 1 aromatic carbocycles. The van der Waals surface area contributed by atoms with Crippen LogP contribution in [-0.4, -0.2) is 17.0 Å². The van der Waals surface area contributed by atoms with Gasteiger partial charge in [-0.3, -0.25) is 4.79 Å². The van der Waals surface area contributed by atoms with Crippen molar-refractivity contribution >= 4 is 43.4 Å². The molecule has 1 amide bonds. The van der Waals surface area contributed by atoms with Crippen LogP contribution in [0.2, 0.25) is 0 Å². The molecule has 24 heavy (non-hydrogen) atoms. The average Bonchev–Trinajstić information content (AvgIpc) is 3.09. The maximum absolute atomic E-state index is 13.5. The Hall–Kier alpha value is -1.73. The van der Waals surface area contributed by atoms with Gasteiger partial charge in [0.05, 0.1) is 14.7 Å². The third-order valence-electron chi connectivity index (χ3n) is 3.67. The topological polar surface area (TPSA) is 34.0 Å². The summed E-state index contributed by atoms with van der Waals surface area (Å²) in [6.45, 7) is 2.85. The van der Waals surface area contributed by atoms with Gasteiger partial charge in [-0.25, -0.2) is 8.78 Å². The predicted molar refractivity (Wildman–Crippen MR) is 95.6 cm³/mol. The molecule has 0 aliphatic carbocycles. The van der Waals surface area contributed by atoms with E-state index in [-0.39, 0.29) is 12.5 Å². The Kier molecular flexibility index (Phi) is 5.01. The van der Waals surface area contributed by atoms with Crippen molar-refractivity contribution in [3.05, 3.63) is 57.0 Å². The molecule has 3 aromatic rings. The van der Waals surface area contributed by atoms with Gasteiger partial charge < -0.3 is 9.88 Å². The third-order valence-corrected chi connectivity index (χ3v) is 5.50. The van der Waals surface area contributed by atoms with Crippen molar-refractivity contribution in [1.29, 1.82) is 0 Å². The summed E-state index contributed by atoms with van der Waals surface area (Å²) in [7, 11) is 0. The zero-order chi connectivity index (χ0) is 17.3. The number of nitrogens with zero attached hydrogens (tertiary/aromatic N) is 1. The van der Waals surface area contributed by atoms with E-state index < -0.39 is 11.6 Å². The molecule has 0 atom stereocenters. The van der Waals surface area contributed by atoms with Crippen LogP contribution >= 0.6 is 27.3 Å². The molecule has 0 fully saturated rings. The van der Waals surface area contributed by atoms with E-state index in [1.54, 1.807) is 0 Å². The van der Waals surface area contributed by atoms with Crippen LogP contribution in [0.4, 0.5) is 8.78 Å². The van der Waals surface area contributed by atoms with Gasteiger partial charge >= 0.3 is 0 Å². The summed E-state index contributed by atoms with van der Waals surface area (Å²) < 4.78 is 30.3. The maximum atomic E-state index is 13.5. The van der Waals surface area contributed by atoms with Crippen molar-refractivity contribution in [2.75, 3.05) is 6.54 Å². The first-order valence-corrected chi connectivity index (χ1v) is 9.17. The second-order valence-corrected chi connectivity index (χ2v) is 7.18. The fourth-order valence-electron chi connectivity index (χ4n) is 2.53. The van der Waals surface area contributed by atoms with E-state index in [4.69, 9.17) is 0 Å². The van der Waals surface area contributed by atoms with Crippen LogP contribution in [0.3, 0.4) is 0 Å². The van der Waals surface area contributed by atoms with Crippen LogP contribution in [-0.2, 0) is 6.54 Å². The lowest BCUT2D eigenvalue weighted by Gasteiger charge is -2.11. The smallest absolute Gasteiger partial charge is 0.267 e. The fraction of sp³-hybridized carbons (Fsp3) is 0.235. The predicted octanol–water partition coefficient (Wildman–Crippen LogP) is 4.93. The Balaban J connectivity index is 2.04. The average molecular weight is 413 g/mol. The molecule has 7 heteroatoms. The van der Waals surface area contributed by atoms with E-state index in [2.05, 4.69) is 21.2 Å². The summed E-state index contributed by atoms with van der Waals surface area (Å²) in [6.07, 6.45) is 0.841. The molecule has 1 N–H and O–H groups in total. The highest BCUT2D eigenvalue weighted by molar-refractivity contribution is 9.10. The molecular formula is C17H15BrF2N2OS. The first kappa shape index (κ1) is 17.1. The van der Waals surface area contributed by atoms with Gasteiger partial charge in [-0.15, -0.1) is 11.3 Å². The number of amides is 1. The van der Waals surface area contributed by atoms with Crippen molar-refractivity contribution in [1.82, 2.24) is 9.88 Å². The second-order valence-electron chi connectivity index (χ2n) is 5.42. The molecule has 126 valence electrons. The molecule has 2 heterocycles. The van der Waals surface area contributed by atoms with Gasteiger partial charge in [0.1, 0.15) is 5.69 Å². The summed E-state index contributed by atoms with van der Waals surface area (Å²) in [6, 6.07) is 5.62. The van der Waals surface area contributed by atoms with E-state index in [1.165, 1.54) is 17.4 Å². The summed E-state index contributed by atoms with van der Waals surface area (Å²) >= 11 is 5.02. The lowest BCUT2D eigenvalue weighted by molar-refractivity contribution is 0.0945. The molecule has 0 unspecified atom stereocenters. The zero-order valence-electron chi connectivity index (χ0n) is 12.9. The monoisotopic (exact) mass is 412 g/mol. The molecule has 0 aliphatic rings. The lowest BCUT2D eigenvalue weighted by atomic mass is 10.2. The van der Waals surface area contributed by atoms with Crippen LogP contribution in [0, 0.1) is 11.6 Å². The minimum absolute atomic E-state index is 0.172. The van der Waals surface area contributed by atoms with Gasteiger partial charge in [0.15, 0.2) is 11.6 Å². The molecule has 2 aromatic heterocycles. The van der Waals surface area contributed by atoms with Gasteiger partial charge in [0.2, 0.25) is 0 Å². The Labute approximate surface area is 150 Å². The highest BCUT2D eigenvalue weighted by Crippen LogP contribution is 2.33. The van der Waals surface area contributed by atoms with Crippen molar-refractivity contribution in [2.24, 2.45) is 0 Å². The van der Waals surface area contributed by atoms with Gasteiger partial charge in [0, 0.05) is 18.5 Å². The number of hydrogen-bond acceptors (Lipinski definition) is 2. The second kappa shape index (κ2) is 7.03. The Morgan fingerprint density at radius 3 is 2.79 bits per heavy atom. The zero-order valence-corrected chi connectivity index (χ0v) is 15.3. The minimum atomic E-state index is -0.891. The molecule has 0 saturated heterocycles. The Morgan fingerprint density at radius 2 is 2.08 bits per heavy atom. The van der Waals surface area contributed by atoms with Crippen LogP contribution in [0.15, 0.2) is 34.1 Å². The molecular weight excluding hydrogens is 398 g/mol. The van der Waals surface area contributed by atoms with Gasteiger partial charge in [-0.05, 0) is 46.1 Å². The molecule has 0 radical (unpaired) electrons. The number of halogens is 3. The summed E-state index contributed by atoms with van der Waals surface area (Å²) in [5, 5.41) is 4.81. The third kappa shape index (κ3) is 3.23. The highest BCUT2D eigenvalue weighted by Gasteiger charge is 2.19. The minimum Gasteiger partial charge on any atom is -0.351 e.